The molecule has 0 aliphatic carbocycles. The zero-order chi connectivity index (χ0) is 15.9. The molecule has 20 heavy (non-hydrogen) atoms. The molecule has 0 heterocycles. The first-order valence-corrected chi connectivity index (χ1v) is 7.79. The molecule has 0 aliphatic heterocycles. The maximum absolute atomic E-state index is 10.7. The first kappa shape index (κ1) is 21.6. The summed E-state index contributed by atoms with van der Waals surface area (Å²) in [6.07, 6.45) is 9.46. The van der Waals surface area contributed by atoms with Gasteiger partial charge < -0.3 is 20.7 Å². The molecule has 0 fully saturated rings. The minimum Gasteiger partial charge on any atom is -0.633 e. The average Bonchev–Trinajstić information content (AvgIpc) is 2.35. The van der Waals surface area contributed by atoms with Crippen LogP contribution >= 0.6 is 0 Å². The van der Waals surface area contributed by atoms with Gasteiger partial charge in [0, 0.05) is 12.8 Å². The zero-order valence-corrected chi connectivity index (χ0v) is 13.6. The Labute approximate surface area is 124 Å². The van der Waals surface area contributed by atoms with Crippen LogP contribution in [-0.2, 0) is 4.79 Å². The molecule has 0 aromatic rings. The van der Waals surface area contributed by atoms with Crippen molar-refractivity contribution in [3.63, 3.8) is 0 Å². The Hall–Kier alpha value is -0.650. The summed E-state index contributed by atoms with van der Waals surface area (Å²) in [7, 11) is 3.24. The third-order valence-electron chi connectivity index (χ3n) is 2.89. The van der Waals surface area contributed by atoms with E-state index in [4.69, 9.17) is 10.8 Å². The Morgan fingerprint density at radius 3 is 1.90 bits per heavy atom. The standard InChI is InChI=1S/C10H20O2.C5H14N2O/c1-2-3-4-5-6-7-8-9-10(11)12;1-7(2,8)5-3-4-6/h2-9H2,1H3,(H,11,12);3-6H2,1-2H3. The van der Waals surface area contributed by atoms with Gasteiger partial charge in [0.2, 0.25) is 0 Å². The molecule has 0 saturated heterocycles. The monoisotopic (exact) mass is 290 g/mol. The molecule has 0 aliphatic rings. The van der Waals surface area contributed by atoms with Crippen molar-refractivity contribution in [1.82, 2.24) is 0 Å². The number of carbonyl (C=O) groups is 1. The SMILES string of the molecule is CCCCCCCCCC(=O)O.C[N+](C)([O-])CCCN. The van der Waals surface area contributed by atoms with Crippen molar-refractivity contribution >= 4 is 5.97 Å². The topological polar surface area (TPSA) is 86.4 Å². The van der Waals surface area contributed by atoms with E-state index in [9.17, 15) is 10.0 Å². The molecule has 5 heteroatoms. The molecular formula is C15H34N2O3. The first-order chi connectivity index (χ1) is 9.33. The Morgan fingerprint density at radius 1 is 1.05 bits per heavy atom. The quantitative estimate of drug-likeness (QED) is 0.348. The highest BCUT2D eigenvalue weighted by Crippen LogP contribution is 2.07. The van der Waals surface area contributed by atoms with Crippen LogP contribution < -0.4 is 5.73 Å². The first-order valence-electron chi connectivity index (χ1n) is 7.79. The van der Waals surface area contributed by atoms with Crippen LogP contribution in [0.15, 0.2) is 0 Å². The summed E-state index contributed by atoms with van der Waals surface area (Å²) in [6, 6.07) is 0. The molecule has 0 atom stereocenters. The smallest absolute Gasteiger partial charge is 0.303 e. The van der Waals surface area contributed by atoms with E-state index in [1.807, 2.05) is 0 Å². The second-order valence-electron chi connectivity index (χ2n) is 5.70. The summed E-state index contributed by atoms with van der Waals surface area (Å²) in [4.78, 5) is 10.1. The highest BCUT2D eigenvalue weighted by molar-refractivity contribution is 5.66. The van der Waals surface area contributed by atoms with Gasteiger partial charge in [0.25, 0.3) is 0 Å². The highest BCUT2D eigenvalue weighted by Gasteiger charge is 1.97. The average molecular weight is 290 g/mol. The van der Waals surface area contributed by atoms with Gasteiger partial charge in [0.1, 0.15) is 0 Å². The van der Waals surface area contributed by atoms with Crippen LogP contribution in [0.5, 0.6) is 0 Å². The van der Waals surface area contributed by atoms with Gasteiger partial charge in [-0.1, -0.05) is 45.4 Å². The number of aliphatic carboxylic acids is 1. The van der Waals surface area contributed by atoms with Crippen molar-refractivity contribution in [3.8, 4) is 0 Å². The molecule has 0 rings (SSSR count). The predicted octanol–water partition coefficient (Wildman–Crippen LogP) is 3.12. The fraction of sp³-hybridized carbons (Fsp3) is 0.933. The van der Waals surface area contributed by atoms with E-state index in [0.29, 0.717) is 19.5 Å². The molecule has 0 radical (unpaired) electrons. The molecule has 122 valence electrons. The van der Waals surface area contributed by atoms with E-state index < -0.39 is 5.97 Å². The summed E-state index contributed by atoms with van der Waals surface area (Å²) < 4.78 is -0.225. The van der Waals surface area contributed by atoms with Crippen LogP contribution in [0.3, 0.4) is 0 Å². The highest BCUT2D eigenvalue weighted by atomic mass is 16.5. The molecule has 5 nitrogen and oxygen atoms in total. The van der Waals surface area contributed by atoms with Crippen molar-refractivity contribution in [1.29, 1.82) is 0 Å². The fourth-order valence-corrected chi connectivity index (χ4v) is 1.71. The Morgan fingerprint density at radius 2 is 1.55 bits per heavy atom. The molecule has 0 amide bonds. The van der Waals surface area contributed by atoms with Crippen molar-refractivity contribution in [2.24, 2.45) is 5.73 Å². The molecule has 0 spiro atoms. The van der Waals surface area contributed by atoms with Gasteiger partial charge in [-0.3, -0.25) is 4.79 Å². The number of hydroxylamine groups is 3. The van der Waals surface area contributed by atoms with Gasteiger partial charge in [-0.25, -0.2) is 0 Å². The number of nitrogens with zero attached hydrogens (tertiary/aromatic N) is 1. The van der Waals surface area contributed by atoms with Crippen molar-refractivity contribution in [2.45, 2.75) is 64.7 Å². The van der Waals surface area contributed by atoms with E-state index in [2.05, 4.69) is 6.92 Å². The van der Waals surface area contributed by atoms with E-state index in [1.165, 1.54) is 32.1 Å². The summed E-state index contributed by atoms with van der Waals surface area (Å²) in [5.74, 6) is -0.663. The van der Waals surface area contributed by atoms with Crippen LogP contribution in [0.1, 0.15) is 64.7 Å². The molecule has 0 aromatic carbocycles. The minimum absolute atomic E-state index is 0.225. The Kier molecular flexibility index (Phi) is 16.0. The lowest BCUT2D eigenvalue weighted by Gasteiger charge is -2.33. The summed E-state index contributed by atoms with van der Waals surface area (Å²) in [5.41, 5.74) is 5.19. The van der Waals surface area contributed by atoms with Crippen LogP contribution in [0.4, 0.5) is 0 Å². The van der Waals surface area contributed by atoms with Gasteiger partial charge in [-0.15, -0.1) is 0 Å². The number of unbranched alkanes of at least 4 members (excludes halogenated alkanes) is 6. The maximum Gasteiger partial charge on any atom is 0.303 e. The Bertz CT molecular complexity index is 216. The number of quaternary nitrogens is 1. The molecule has 0 unspecified atom stereocenters. The van der Waals surface area contributed by atoms with Gasteiger partial charge in [-0.05, 0) is 13.0 Å². The van der Waals surface area contributed by atoms with E-state index >= 15 is 0 Å². The van der Waals surface area contributed by atoms with E-state index in [1.54, 1.807) is 14.1 Å². The lowest BCUT2D eigenvalue weighted by molar-refractivity contribution is -0.840. The van der Waals surface area contributed by atoms with E-state index in [-0.39, 0.29) is 4.65 Å². The lowest BCUT2D eigenvalue weighted by atomic mass is 10.1. The summed E-state index contributed by atoms with van der Waals surface area (Å²) in [5, 5.41) is 19.1. The summed E-state index contributed by atoms with van der Waals surface area (Å²) in [6.45, 7) is 3.44. The molecule has 0 bridgehead atoms. The van der Waals surface area contributed by atoms with Crippen LogP contribution in [0.25, 0.3) is 0 Å². The lowest BCUT2D eigenvalue weighted by Crippen LogP contribution is -2.34. The van der Waals surface area contributed by atoms with Crippen LogP contribution in [-0.4, -0.2) is 42.9 Å². The number of hydrogen-bond donors (Lipinski definition) is 2. The number of carboxylic acid groups (broad SMARTS) is 1. The summed E-state index contributed by atoms with van der Waals surface area (Å²) >= 11 is 0. The maximum atomic E-state index is 10.7. The second kappa shape index (κ2) is 14.8. The van der Waals surface area contributed by atoms with Gasteiger partial charge in [0.05, 0.1) is 20.6 Å². The fourth-order valence-electron chi connectivity index (χ4n) is 1.71. The second-order valence-corrected chi connectivity index (χ2v) is 5.70. The Balaban J connectivity index is 0. The van der Waals surface area contributed by atoms with E-state index in [0.717, 1.165) is 19.3 Å². The van der Waals surface area contributed by atoms with Gasteiger partial charge in [0.15, 0.2) is 0 Å². The normalized spacial score (nSPS) is 10.8. The van der Waals surface area contributed by atoms with Crippen LogP contribution in [0.2, 0.25) is 0 Å². The third kappa shape index (κ3) is 26.0. The van der Waals surface area contributed by atoms with Crippen LogP contribution in [0, 0.1) is 5.21 Å². The number of carboxylic acids is 1. The van der Waals surface area contributed by atoms with Gasteiger partial charge in [-0.2, -0.15) is 0 Å². The number of rotatable bonds is 11. The van der Waals surface area contributed by atoms with Crippen molar-refractivity contribution < 1.29 is 14.5 Å². The number of hydrogen-bond acceptors (Lipinski definition) is 3. The molecule has 3 N–H and O–H groups in total. The molecular weight excluding hydrogens is 256 g/mol. The van der Waals surface area contributed by atoms with Gasteiger partial charge >= 0.3 is 5.97 Å². The molecule has 0 saturated carbocycles. The largest absolute Gasteiger partial charge is 0.633 e. The zero-order valence-electron chi connectivity index (χ0n) is 13.6. The minimum atomic E-state index is -0.663. The third-order valence-corrected chi connectivity index (χ3v) is 2.89. The predicted molar refractivity (Wildman–Crippen MR) is 84.3 cm³/mol. The van der Waals surface area contributed by atoms with Crippen molar-refractivity contribution in [3.05, 3.63) is 5.21 Å². The van der Waals surface area contributed by atoms with Crippen molar-refractivity contribution in [2.75, 3.05) is 27.2 Å². The molecule has 0 aromatic heterocycles. The number of nitrogens with two attached hydrogens (primary N) is 1.